The summed E-state index contributed by atoms with van der Waals surface area (Å²) in [5.74, 6) is 0.855. The normalized spacial score (nSPS) is 33.1. The number of hydrogen-bond acceptors (Lipinski definition) is 1. The fourth-order valence-corrected chi connectivity index (χ4v) is 1.33. The molecule has 1 aliphatic rings. The zero-order chi connectivity index (χ0) is 6.74. The van der Waals surface area contributed by atoms with Crippen molar-refractivity contribution >= 4 is 28.6 Å². The van der Waals surface area contributed by atoms with Crippen molar-refractivity contribution in [3.8, 4) is 0 Å². The van der Waals surface area contributed by atoms with Gasteiger partial charge in [0, 0.05) is 5.75 Å². The molecule has 0 amide bonds. The third-order valence-electron chi connectivity index (χ3n) is 1.36. The third kappa shape index (κ3) is 1.87. The average Bonchev–Trinajstić information content (AvgIpc) is 1.90. The highest BCUT2D eigenvalue weighted by molar-refractivity contribution is 9.10. The first-order chi connectivity index (χ1) is 4.27. The lowest BCUT2D eigenvalue weighted by molar-refractivity contribution is 0.830. The molecule has 0 saturated carbocycles. The van der Waals surface area contributed by atoms with Gasteiger partial charge in [0.25, 0.3) is 0 Å². The van der Waals surface area contributed by atoms with Gasteiger partial charge in [0.2, 0.25) is 0 Å². The van der Waals surface area contributed by atoms with Crippen LogP contribution < -0.4 is 0 Å². The lowest BCUT2D eigenvalue weighted by Crippen LogP contribution is -2.19. The number of rotatable bonds is 1. The second-order valence-electron chi connectivity index (χ2n) is 2.18. The van der Waals surface area contributed by atoms with Crippen molar-refractivity contribution in [2.24, 2.45) is 0 Å². The molecule has 0 N–H and O–H groups in total. The smallest absolute Gasteiger partial charge is 0.0561 e. The zero-order valence-corrected chi connectivity index (χ0v) is 7.53. The van der Waals surface area contributed by atoms with E-state index in [1.54, 1.807) is 0 Å². The first-order valence-corrected chi connectivity index (χ1v) is 4.33. The van der Waals surface area contributed by atoms with Crippen LogP contribution in [0.25, 0.3) is 0 Å². The maximum atomic E-state index is 4.22. The van der Waals surface area contributed by atoms with E-state index in [1.165, 1.54) is 0 Å². The number of alkyl halides is 1. The first-order valence-electron chi connectivity index (χ1n) is 2.91. The van der Waals surface area contributed by atoms with E-state index >= 15 is 0 Å². The van der Waals surface area contributed by atoms with Crippen molar-refractivity contribution in [3.63, 3.8) is 0 Å². The van der Waals surface area contributed by atoms with Gasteiger partial charge in [0.1, 0.15) is 0 Å². The van der Waals surface area contributed by atoms with Crippen LogP contribution in [0.15, 0.2) is 24.3 Å². The Hall–Kier alpha value is 0.310. The molecule has 2 heteroatoms. The van der Waals surface area contributed by atoms with Crippen LogP contribution in [0.5, 0.6) is 0 Å². The number of hydrogen-bond donors (Lipinski definition) is 1. The van der Waals surface area contributed by atoms with Crippen LogP contribution in [0.2, 0.25) is 0 Å². The summed E-state index contributed by atoms with van der Waals surface area (Å²) < 4.78 is 0.130. The van der Waals surface area contributed by atoms with Gasteiger partial charge in [-0.15, -0.1) is 0 Å². The second-order valence-corrected chi connectivity index (χ2v) is 4.08. The van der Waals surface area contributed by atoms with Crippen LogP contribution in [-0.4, -0.2) is 10.1 Å². The van der Waals surface area contributed by atoms with Crippen molar-refractivity contribution in [2.45, 2.75) is 10.7 Å². The van der Waals surface area contributed by atoms with E-state index in [9.17, 15) is 0 Å². The Balaban J connectivity index is 2.63. The minimum absolute atomic E-state index is 0.130. The molecular formula is C7H9BrS. The topological polar surface area (TPSA) is 0 Å². The Morgan fingerprint density at radius 2 is 2.33 bits per heavy atom. The maximum Gasteiger partial charge on any atom is 0.0561 e. The fourth-order valence-electron chi connectivity index (χ4n) is 0.756. The molecule has 0 aromatic rings. The van der Waals surface area contributed by atoms with Gasteiger partial charge in [-0.05, 0) is 6.42 Å². The molecule has 0 nitrogen and oxygen atoms in total. The van der Waals surface area contributed by atoms with Crippen LogP contribution in [0.4, 0.5) is 0 Å². The highest BCUT2D eigenvalue weighted by atomic mass is 79.9. The van der Waals surface area contributed by atoms with E-state index in [1.807, 2.05) is 0 Å². The van der Waals surface area contributed by atoms with Crippen LogP contribution >= 0.6 is 28.6 Å². The molecule has 0 spiro atoms. The van der Waals surface area contributed by atoms with Gasteiger partial charge in [-0.25, -0.2) is 0 Å². The first kappa shape index (κ1) is 7.42. The van der Waals surface area contributed by atoms with E-state index < -0.39 is 0 Å². The van der Waals surface area contributed by atoms with Crippen molar-refractivity contribution in [2.75, 3.05) is 5.75 Å². The Morgan fingerprint density at radius 3 is 2.67 bits per heavy atom. The molecule has 1 aliphatic carbocycles. The van der Waals surface area contributed by atoms with E-state index in [0.717, 1.165) is 12.2 Å². The Bertz CT molecular complexity index is 151. The SMILES string of the molecule is SCC1(Br)C=CC=CC1. The molecule has 1 unspecified atom stereocenters. The van der Waals surface area contributed by atoms with Crippen molar-refractivity contribution < 1.29 is 0 Å². The van der Waals surface area contributed by atoms with Crippen LogP contribution in [0.3, 0.4) is 0 Å². The predicted molar refractivity (Wildman–Crippen MR) is 48.4 cm³/mol. The molecule has 0 radical (unpaired) electrons. The minimum Gasteiger partial charge on any atom is -0.178 e. The lowest BCUT2D eigenvalue weighted by Gasteiger charge is -2.20. The van der Waals surface area contributed by atoms with Gasteiger partial charge in [-0.2, -0.15) is 12.6 Å². The molecular weight excluding hydrogens is 196 g/mol. The monoisotopic (exact) mass is 204 g/mol. The zero-order valence-electron chi connectivity index (χ0n) is 5.05. The summed E-state index contributed by atoms with van der Waals surface area (Å²) in [5, 5.41) is 0. The number of halogens is 1. The largest absolute Gasteiger partial charge is 0.178 e. The number of thiol groups is 1. The molecule has 0 saturated heterocycles. The molecule has 50 valence electrons. The summed E-state index contributed by atoms with van der Waals surface area (Å²) in [6.07, 6.45) is 9.44. The van der Waals surface area contributed by atoms with E-state index in [0.29, 0.717) is 0 Å². The standard InChI is InChI=1S/C7H9BrS/c8-7(6-9)4-2-1-3-5-7/h1-4,9H,5-6H2. The molecule has 0 fully saturated rings. The summed E-state index contributed by atoms with van der Waals surface area (Å²) in [6.45, 7) is 0. The molecule has 0 bridgehead atoms. The maximum absolute atomic E-state index is 4.22. The van der Waals surface area contributed by atoms with Gasteiger partial charge < -0.3 is 0 Å². The van der Waals surface area contributed by atoms with Gasteiger partial charge in [-0.1, -0.05) is 40.2 Å². The van der Waals surface area contributed by atoms with Crippen molar-refractivity contribution in [1.29, 1.82) is 0 Å². The fraction of sp³-hybridized carbons (Fsp3) is 0.429. The molecule has 0 aliphatic heterocycles. The summed E-state index contributed by atoms with van der Waals surface area (Å²) in [7, 11) is 0. The molecule has 0 aromatic heterocycles. The van der Waals surface area contributed by atoms with Crippen LogP contribution in [-0.2, 0) is 0 Å². The van der Waals surface area contributed by atoms with Gasteiger partial charge in [0.05, 0.1) is 4.32 Å². The van der Waals surface area contributed by atoms with Crippen molar-refractivity contribution in [1.82, 2.24) is 0 Å². The van der Waals surface area contributed by atoms with E-state index in [2.05, 4.69) is 52.9 Å². The Kier molecular flexibility index (Phi) is 2.42. The Labute approximate surface area is 69.6 Å². The van der Waals surface area contributed by atoms with E-state index in [-0.39, 0.29) is 4.32 Å². The second kappa shape index (κ2) is 2.93. The highest BCUT2D eigenvalue weighted by Crippen LogP contribution is 2.28. The third-order valence-corrected chi connectivity index (χ3v) is 3.23. The summed E-state index contributed by atoms with van der Waals surface area (Å²) in [6, 6.07) is 0. The quantitative estimate of drug-likeness (QED) is 0.493. The van der Waals surface area contributed by atoms with Gasteiger partial charge in [-0.3, -0.25) is 0 Å². The predicted octanol–water partition coefficient (Wildman–Crippen LogP) is 2.57. The van der Waals surface area contributed by atoms with E-state index in [4.69, 9.17) is 0 Å². The molecule has 0 aromatic carbocycles. The molecule has 1 atom stereocenters. The Morgan fingerprint density at radius 1 is 1.56 bits per heavy atom. The van der Waals surface area contributed by atoms with Crippen LogP contribution in [0, 0.1) is 0 Å². The summed E-state index contributed by atoms with van der Waals surface area (Å²) in [4.78, 5) is 0. The summed E-state index contributed by atoms with van der Waals surface area (Å²) >= 11 is 7.80. The lowest BCUT2D eigenvalue weighted by atomic mass is 10.0. The van der Waals surface area contributed by atoms with Gasteiger partial charge >= 0.3 is 0 Å². The summed E-state index contributed by atoms with van der Waals surface area (Å²) in [5.41, 5.74) is 0. The molecule has 0 heterocycles. The number of allylic oxidation sites excluding steroid dienone is 4. The molecule has 9 heavy (non-hydrogen) atoms. The van der Waals surface area contributed by atoms with Crippen LogP contribution in [0.1, 0.15) is 6.42 Å². The average molecular weight is 205 g/mol. The highest BCUT2D eigenvalue weighted by Gasteiger charge is 2.20. The molecule has 1 rings (SSSR count). The minimum atomic E-state index is 0.130. The van der Waals surface area contributed by atoms with Crippen molar-refractivity contribution in [3.05, 3.63) is 24.3 Å². The van der Waals surface area contributed by atoms with Gasteiger partial charge in [0.15, 0.2) is 0 Å².